The van der Waals surface area contributed by atoms with E-state index in [1.54, 1.807) is 0 Å². The van der Waals surface area contributed by atoms with E-state index >= 15 is 0 Å². The van der Waals surface area contributed by atoms with Crippen LogP contribution in [0.3, 0.4) is 0 Å². The Kier molecular flexibility index (Phi) is 4.30. The van der Waals surface area contributed by atoms with Gasteiger partial charge in [0.05, 0.1) is 11.8 Å². The van der Waals surface area contributed by atoms with Crippen molar-refractivity contribution in [1.82, 2.24) is 4.98 Å². The summed E-state index contributed by atoms with van der Waals surface area (Å²) >= 11 is 0. The van der Waals surface area contributed by atoms with E-state index in [1.165, 1.54) is 0 Å². The van der Waals surface area contributed by atoms with Gasteiger partial charge in [-0.1, -0.05) is 5.16 Å². The van der Waals surface area contributed by atoms with E-state index in [9.17, 15) is 26.3 Å². The average Bonchev–Trinajstić information content (AvgIpc) is 2.32. The quantitative estimate of drug-likeness (QED) is 0.294. The van der Waals surface area contributed by atoms with Gasteiger partial charge in [0.2, 0.25) is 0 Å². The normalized spacial score (nSPS) is 13.7. The second kappa shape index (κ2) is 5.43. The molecule has 0 aromatic carbocycles. The molecular weight excluding hydrogens is 296 g/mol. The molecule has 0 atom stereocenters. The van der Waals surface area contributed by atoms with Crippen LogP contribution in [0, 0.1) is 0 Å². The summed E-state index contributed by atoms with van der Waals surface area (Å²) in [6.07, 6.45) is -13.8. The number of hydrogen-bond donors (Lipinski definition) is 2. The number of ether oxygens (including phenoxy) is 1. The fourth-order valence-electron chi connectivity index (χ4n) is 1.19. The predicted molar refractivity (Wildman–Crippen MR) is 53.3 cm³/mol. The highest BCUT2D eigenvalue weighted by molar-refractivity contribution is 5.99. The van der Waals surface area contributed by atoms with E-state index in [4.69, 9.17) is 10.9 Å². The monoisotopic (exact) mass is 303 g/mol. The van der Waals surface area contributed by atoms with Gasteiger partial charge in [0.1, 0.15) is 5.75 Å². The SMILES string of the molecule is N/C(=N/O)c1ccncc1OC(C(F)(F)F)C(F)(F)F. The molecule has 0 aliphatic carbocycles. The second-order valence-corrected chi connectivity index (χ2v) is 3.44. The summed E-state index contributed by atoms with van der Waals surface area (Å²) in [4.78, 5) is 3.33. The minimum absolute atomic E-state index is 0.457. The zero-order valence-electron chi connectivity index (χ0n) is 9.40. The number of nitrogens with zero attached hydrogens (tertiary/aromatic N) is 2. The summed E-state index contributed by atoms with van der Waals surface area (Å²) in [5, 5.41) is 10.9. The maximum atomic E-state index is 12.3. The van der Waals surface area contributed by atoms with Crippen LogP contribution in [0.15, 0.2) is 23.6 Å². The molecule has 1 aromatic rings. The number of pyridine rings is 1. The van der Waals surface area contributed by atoms with Crippen LogP contribution in [0.1, 0.15) is 5.56 Å². The Bertz CT molecular complexity index is 485. The topological polar surface area (TPSA) is 80.7 Å². The number of alkyl halides is 6. The highest BCUT2D eigenvalue weighted by Crippen LogP contribution is 2.37. The lowest BCUT2D eigenvalue weighted by atomic mass is 10.2. The van der Waals surface area contributed by atoms with E-state index in [0.717, 1.165) is 12.3 Å². The lowest BCUT2D eigenvalue weighted by molar-refractivity contribution is -0.299. The van der Waals surface area contributed by atoms with Crippen LogP contribution in [0.2, 0.25) is 0 Å². The molecule has 3 N–H and O–H groups in total. The van der Waals surface area contributed by atoms with Gasteiger partial charge in [0, 0.05) is 6.20 Å². The lowest BCUT2D eigenvalue weighted by Gasteiger charge is -2.24. The molecular formula is C9H7F6N3O2. The third-order valence-corrected chi connectivity index (χ3v) is 2.01. The third kappa shape index (κ3) is 3.65. The van der Waals surface area contributed by atoms with E-state index in [2.05, 4.69) is 14.9 Å². The van der Waals surface area contributed by atoms with Gasteiger partial charge in [-0.05, 0) is 6.07 Å². The van der Waals surface area contributed by atoms with Crippen LogP contribution >= 0.6 is 0 Å². The van der Waals surface area contributed by atoms with Gasteiger partial charge in [-0.25, -0.2) is 0 Å². The number of amidine groups is 1. The molecule has 112 valence electrons. The van der Waals surface area contributed by atoms with E-state index < -0.39 is 35.6 Å². The molecule has 5 nitrogen and oxygen atoms in total. The Labute approximate surface area is 107 Å². The van der Waals surface area contributed by atoms with Crippen molar-refractivity contribution in [3.8, 4) is 5.75 Å². The summed E-state index contributed by atoms with van der Waals surface area (Å²) in [5.41, 5.74) is 4.66. The Morgan fingerprint density at radius 3 is 2.25 bits per heavy atom. The highest BCUT2D eigenvalue weighted by Gasteiger charge is 2.59. The molecule has 0 amide bonds. The first-order valence-electron chi connectivity index (χ1n) is 4.79. The third-order valence-electron chi connectivity index (χ3n) is 2.01. The Morgan fingerprint density at radius 1 is 1.25 bits per heavy atom. The number of rotatable bonds is 3. The van der Waals surface area contributed by atoms with Crippen LogP contribution in [0.5, 0.6) is 5.75 Å². The fourth-order valence-corrected chi connectivity index (χ4v) is 1.19. The lowest BCUT2D eigenvalue weighted by Crippen LogP contribution is -2.46. The van der Waals surface area contributed by atoms with Crippen LogP contribution in [0.25, 0.3) is 0 Å². The number of nitrogens with two attached hydrogens (primary N) is 1. The largest absolute Gasteiger partial charge is 0.469 e. The predicted octanol–water partition coefficient (Wildman–Crippen LogP) is 2.05. The summed E-state index contributed by atoms with van der Waals surface area (Å²) in [6, 6.07) is 0.939. The van der Waals surface area contributed by atoms with Crippen molar-refractivity contribution in [2.75, 3.05) is 0 Å². The Morgan fingerprint density at radius 2 is 1.80 bits per heavy atom. The van der Waals surface area contributed by atoms with Gasteiger partial charge in [-0.2, -0.15) is 26.3 Å². The molecule has 20 heavy (non-hydrogen) atoms. The summed E-state index contributed by atoms with van der Waals surface area (Å²) in [7, 11) is 0. The van der Waals surface area contributed by atoms with Gasteiger partial charge < -0.3 is 15.7 Å². The Hall–Kier alpha value is -2.20. The van der Waals surface area contributed by atoms with Crippen molar-refractivity contribution in [3.05, 3.63) is 24.0 Å². The summed E-state index contributed by atoms with van der Waals surface area (Å²) in [6.45, 7) is 0. The number of aromatic nitrogens is 1. The van der Waals surface area contributed by atoms with E-state index in [0.29, 0.717) is 6.20 Å². The molecule has 0 spiro atoms. The summed E-state index contributed by atoms with van der Waals surface area (Å²) < 4.78 is 78.0. The molecule has 1 aromatic heterocycles. The average molecular weight is 303 g/mol. The van der Waals surface area contributed by atoms with Crippen molar-refractivity contribution in [2.24, 2.45) is 10.9 Å². The molecule has 0 aliphatic rings. The number of oxime groups is 1. The number of halogens is 6. The molecule has 1 rings (SSSR count). The second-order valence-electron chi connectivity index (χ2n) is 3.44. The van der Waals surface area contributed by atoms with Crippen molar-refractivity contribution >= 4 is 5.84 Å². The molecule has 1 heterocycles. The minimum Gasteiger partial charge on any atom is -0.469 e. The van der Waals surface area contributed by atoms with Gasteiger partial charge in [0.15, 0.2) is 5.84 Å². The Balaban J connectivity index is 3.20. The van der Waals surface area contributed by atoms with Gasteiger partial charge in [-0.3, -0.25) is 4.98 Å². The van der Waals surface area contributed by atoms with Crippen molar-refractivity contribution in [1.29, 1.82) is 0 Å². The first-order valence-corrected chi connectivity index (χ1v) is 4.79. The molecule has 11 heteroatoms. The molecule has 0 fully saturated rings. The van der Waals surface area contributed by atoms with Crippen LogP contribution in [-0.4, -0.2) is 34.5 Å². The van der Waals surface area contributed by atoms with Crippen molar-refractivity contribution < 1.29 is 36.3 Å². The minimum atomic E-state index is -5.68. The fraction of sp³-hybridized carbons (Fsp3) is 0.333. The smallest absolute Gasteiger partial charge is 0.434 e. The standard InChI is InChI=1S/C9H7F6N3O2/c10-8(11,12)7(9(13,14)15)20-5-3-17-2-1-4(5)6(16)18-19/h1-3,7,19H,(H2,16,18). The van der Waals surface area contributed by atoms with Gasteiger partial charge in [-0.15, -0.1) is 0 Å². The van der Waals surface area contributed by atoms with E-state index in [-0.39, 0.29) is 0 Å². The van der Waals surface area contributed by atoms with Gasteiger partial charge in [0.25, 0.3) is 6.10 Å². The van der Waals surface area contributed by atoms with Crippen LogP contribution in [-0.2, 0) is 0 Å². The molecule has 0 unspecified atom stereocenters. The highest BCUT2D eigenvalue weighted by atomic mass is 19.4. The van der Waals surface area contributed by atoms with Crippen molar-refractivity contribution in [2.45, 2.75) is 18.5 Å². The van der Waals surface area contributed by atoms with Crippen LogP contribution < -0.4 is 10.5 Å². The van der Waals surface area contributed by atoms with Crippen LogP contribution in [0.4, 0.5) is 26.3 Å². The zero-order valence-corrected chi connectivity index (χ0v) is 9.40. The molecule has 0 radical (unpaired) electrons. The zero-order chi connectivity index (χ0) is 15.6. The molecule has 0 saturated heterocycles. The molecule has 0 aliphatic heterocycles. The number of hydrogen-bond acceptors (Lipinski definition) is 4. The van der Waals surface area contributed by atoms with Gasteiger partial charge >= 0.3 is 12.4 Å². The summed E-state index contributed by atoms with van der Waals surface area (Å²) in [5.74, 6) is -1.63. The van der Waals surface area contributed by atoms with Crippen molar-refractivity contribution in [3.63, 3.8) is 0 Å². The molecule has 0 bridgehead atoms. The first kappa shape index (κ1) is 15.9. The van der Waals surface area contributed by atoms with E-state index in [1.807, 2.05) is 0 Å². The first-order chi connectivity index (χ1) is 9.07. The maximum Gasteiger partial charge on any atom is 0.434 e. The maximum absolute atomic E-state index is 12.3. The molecule has 0 saturated carbocycles.